The number of unbranched alkanes of at least 4 members (excludes halogenated alkanes) is 4. The first kappa shape index (κ1) is 74.3. The maximum absolute atomic E-state index is 14.7. The number of amides is 6. The Labute approximate surface area is 540 Å². The SMILES string of the molecule is C/C=C\C(Cl)=C/C.CC.CC(C)(C)OC(=O)NC1(C(=O)NC(CCN2CCN(C(=O)CCCCCCCNC(=O)c3ccc(NC(=O)CN(CCN(N)/C=C/N)C(=O)OC(C)(C)C)c(Cl)n3)CC2)c2ccc(Cl)cc2)CCN(c2ncnc3[nH]ccc23)CC1. The Balaban J connectivity index is 0.00000175. The van der Waals surface area contributed by atoms with Gasteiger partial charge in [0.05, 0.1) is 23.7 Å². The number of ether oxygens (including phenoxy) is 2. The Bertz CT molecular complexity index is 2990. The number of nitrogens with zero attached hydrogens (tertiary/aromatic N) is 8. The second-order valence-corrected chi connectivity index (χ2v) is 24.5. The van der Waals surface area contributed by atoms with E-state index in [0.29, 0.717) is 83.1 Å². The van der Waals surface area contributed by atoms with Gasteiger partial charge in [0.2, 0.25) is 17.7 Å². The van der Waals surface area contributed by atoms with Gasteiger partial charge in [0.15, 0.2) is 5.15 Å². The number of hydrazine groups is 1. The number of carbonyl (C=O) groups is 6. The van der Waals surface area contributed by atoms with E-state index in [2.05, 4.69) is 51.0 Å². The molecule has 0 saturated carbocycles. The van der Waals surface area contributed by atoms with Crippen LogP contribution >= 0.6 is 34.8 Å². The fraction of sp³-hybridized carbons (Fsp3) is 0.540. The number of H-pyrrole nitrogens is 1. The number of anilines is 2. The molecular formula is C63H94Cl3N15O8. The predicted molar refractivity (Wildman–Crippen MR) is 353 cm³/mol. The third-order valence-corrected chi connectivity index (χ3v) is 15.0. The lowest BCUT2D eigenvalue weighted by atomic mass is 9.85. The van der Waals surface area contributed by atoms with Crippen molar-refractivity contribution in [2.24, 2.45) is 11.6 Å². The Kier molecular flexibility index (Phi) is 31.0. The van der Waals surface area contributed by atoms with E-state index in [1.165, 1.54) is 40.8 Å². The monoisotopic (exact) mass is 1290 g/mol. The van der Waals surface area contributed by atoms with E-state index in [9.17, 15) is 28.8 Å². The number of hydrogen-bond donors (Lipinski definition) is 7. The molecule has 1 unspecified atom stereocenters. The Morgan fingerprint density at radius 3 is 2.12 bits per heavy atom. The van der Waals surface area contributed by atoms with Crippen molar-refractivity contribution >= 4 is 93.2 Å². The maximum atomic E-state index is 14.7. The number of alkyl carbamates (subject to hydrolysis) is 1. The van der Waals surface area contributed by atoms with Crippen molar-refractivity contribution in [1.29, 1.82) is 0 Å². The van der Waals surface area contributed by atoms with Crippen LogP contribution in [-0.2, 0) is 23.9 Å². The minimum Gasteiger partial charge on any atom is -0.444 e. The summed E-state index contributed by atoms with van der Waals surface area (Å²) < 4.78 is 11.1. The topological polar surface area (TPSA) is 292 Å². The molecule has 6 rings (SSSR count). The summed E-state index contributed by atoms with van der Waals surface area (Å²) in [7, 11) is 0. The Morgan fingerprint density at radius 1 is 0.843 bits per heavy atom. The average Bonchev–Trinajstić information content (AvgIpc) is 2.59. The van der Waals surface area contributed by atoms with E-state index in [1.807, 2.05) is 75.2 Å². The molecule has 89 heavy (non-hydrogen) atoms. The van der Waals surface area contributed by atoms with Gasteiger partial charge in [0.1, 0.15) is 46.8 Å². The molecule has 0 bridgehead atoms. The molecule has 490 valence electrons. The molecule has 5 heterocycles. The third kappa shape index (κ3) is 25.7. The predicted octanol–water partition coefficient (Wildman–Crippen LogP) is 10.2. The smallest absolute Gasteiger partial charge is 0.410 e. The molecule has 2 aliphatic heterocycles. The van der Waals surface area contributed by atoms with Crippen molar-refractivity contribution in [2.75, 3.05) is 82.2 Å². The normalized spacial score (nSPS) is 14.8. The molecule has 2 aliphatic rings. The number of hydrogen-bond acceptors (Lipinski definition) is 16. The number of carbonyl (C=O) groups excluding carboxylic acids is 6. The largest absolute Gasteiger partial charge is 0.444 e. The molecule has 1 atom stereocenters. The number of halogens is 3. The van der Waals surface area contributed by atoms with Crippen LogP contribution in [0, 0.1) is 0 Å². The summed E-state index contributed by atoms with van der Waals surface area (Å²) in [6.07, 6.45) is 16.0. The van der Waals surface area contributed by atoms with E-state index in [4.69, 9.17) is 55.9 Å². The van der Waals surface area contributed by atoms with Gasteiger partial charge in [-0.25, -0.2) is 30.4 Å². The second kappa shape index (κ2) is 37.1. The number of nitrogens with two attached hydrogens (primary N) is 2. The fourth-order valence-corrected chi connectivity index (χ4v) is 10.1. The van der Waals surface area contributed by atoms with Crippen LogP contribution in [0.5, 0.6) is 0 Å². The number of allylic oxidation sites excluding steroid dienone is 4. The molecule has 26 heteroatoms. The zero-order valence-electron chi connectivity index (χ0n) is 53.4. The number of aromatic amines is 1. The minimum atomic E-state index is -1.26. The molecule has 0 aliphatic carbocycles. The molecule has 0 spiro atoms. The van der Waals surface area contributed by atoms with Gasteiger partial charge in [-0.1, -0.05) is 92.2 Å². The first-order chi connectivity index (χ1) is 42.3. The quantitative estimate of drug-likeness (QED) is 0.0107. The number of piperidine rings is 1. The molecule has 2 fully saturated rings. The number of benzene rings is 1. The summed E-state index contributed by atoms with van der Waals surface area (Å²) in [4.78, 5) is 104. The zero-order chi connectivity index (χ0) is 65.7. The number of pyridine rings is 1. The van der Waals surface area contributed by atoms with Gasteiger partial charge in [-0.15, -0.1) is 0 Å². The highest BCUT2D eigenvalue weighted by Crippen LogP contribution is 2.32. The van der Waals surface area contributed by atoms with Crippen molar-refractivity contribution in [3.05, 3.63) is 112 Å². The molecular weight excluding hydrogens is 1200 g/mol. The van der Waals surface area contributed by atoms with Crippen molar-refractivity contribution in [3.63, 3.8) is 0 Å². The molecule has 1 aromatic carbocycles. The summed E-state index contributed by atoms with van der Waals surface area (Å²) in [5.74, 6) is 5.45. The van der Waals surface area contributed by atoms with Crippen molar-refractivity contribution in [3.8, 4) is 0 Å². The molecule has 2 saturated heterocycles. The van der Waals surface area contributed by atoms with Crippen LogP contribution in [0.1, 0.15) is 149 Å². The lowest BCUT2D eigenvalue weighted by Crippen LogP contribution is -2.64. The molecule has 4 aromatic rings. The van der Waals surface area contributed by atoms with Crippen molar-refractivity contribution in [2.45, 2.75) is 150 Å². The van der Waals surface area contributed by atoms with Gasteiger partial charge in [-0.05, 0) is 129 Å². The summed E-state index contributed by atoms with van der Waals surface area (Å²) in [5.41, 5.74) is 4.41. The highest BCUT2D eigenvalue weighted by atomic mass is 35.5. The molecule has 9 N–H and O–H groups in total. The van der Waals surface area contributed by atoms with Crippen LogP contribution in [-0.4, -0.2) is 164 Å². The van der Waals surface area contributed by atoms with Gasteiger partial charge in [-0.3, -0.25) is 29.0 Å². The van der Waals surface area contributed by atoms with Crippen LogP contribution in [0.4, 0.5) is 21.1 Å². The summed E-state index contributed by atoms with van der Waals surface area (Å²) in [5, 5.41) is 15.2. The first-order valence-electron chi connectivity index (χ1n) is 30.5. The highest BCUT2D eigenvalue weighted by molar-refractivity contribution is 6.32. The van der Waals surface area contributed by atoms with E-state index < -0.39 is 46.8 Å². The van der Waals surface area contributed by atoms with Crippen LogP contribution in [0.2, 0.25) is 10.2 Å². The van der Waals surface area contributed by atoms with Gasteiger partial charge >= 0.3 is 12.2 Å². The second-order valence-electron chi connectivity index (χ2n) is 23.2. The standard InChI is InChI=1S/C55H79Cl2N15O8.C6H9Cl.C2H6/c1-53(2,3)79-51(77)67-55(21-27-70(28-22-55)48-40-19-25-60-47(40)62-37-63-48)50(76)66-41(38-13-15-39(56)16-14-38)20-26-68-30-32-69(33-31-68)45(74)12-10-8-7-9-11-24-61-49(75)43-18-17-42(46(57)65-43)64-44(73)36-71(34-35-72(59)29-23-58)52(78)80-54(4,5)6;1-3-5-6(7)4-2;1-2/h13-19,23,25,29,37,41H,7-12,20-22,24,26-28,30-36,58-59H2,1-6H3,(H,61,75)(H,64,73)(H,66,76)(H,67,77)(H,60,62,63);3-5H,1-2H3;1-2H3/b29-23+;5-3-,6-4+;. The van der Waals surface area contributed by atoms with E-state index in [1.54, 1.807) is 53.7 Å². The van der Waals surface area contributed by atoms with Gasteiger partial charge in [-0.2, -0.15) is 0 Å². The molecule has 23 nitrogen and oxygen atoms in total. The Morgan fingerprint density at radius 2 is 1.51 bits per heavy atom. The van der Waals surface area contributed by atoms with Crippen molar-refractivity contribution in [1.82, 2.24) is 55.6 Å². The third-order valence-electron chi connectivity index (χ3n) is 14.2. The fourth-order valence-electron chi connectivity index (χ4n) is 9.60. The number of nitrogens with one attached hydrogen (secondary N) is 5. The molecule has 3 aromatic heterocycles. The van der Waals surface area contributed by atoms with E-state index >= 15 is 0 Å². The lowest BCUT2D eigenvalue weighted by molar-refractivity contribution is -0.133. The maximum Gasteiger partial charge on any atom is 0.410 e. The Hall–Kier alpha value is -7.18. The summed E-state index contributed by atoms with van der Waals surface area (Å²) >= 11 is 18.2. The molecule has 0 radical (unpaired) electrons. The van der Waals surface area contributed by atoms with Crippen molar-refractivity contribution < 1.29 is 38.2 Å². The van der Waals surface area contributed by atoms with Gasteiger partial charge in [0.25, 0.3) is 5.91 Å². The van der Waals surface area contributed by atoms with Crippen LogP contribution < -0.4 is 37.7 Å². The summed E-state index contributed by atoms with van der Waals surface area (Å²) in [6, 6.07) is 11.9. The average molecular weight is 1300 g/mol. The highest BCUT2D eigenvalue weighted by Gasteiger charge is 2.45. The minimum absolute atomic E-state index is 0.0608. The first-order valence-corrected chi connectivity index (χ1v) is 31.6. The van der Waals surface area contributed by atoms with E-state index in [-0.39, 0.29) is 48.0 Å². The number of aromatic nitrogens is 4. The van der Waals surface area contributed by atoms with Crippen LogP contribution in [0.25, 0.3) is 11.0 Å². The number of rotatable bonds is 25. The van der Waals surface area contributed by atoms with Crippen LogP contribution in [0.15, 0.2) is 90.6 Å². The molecule has 6 amide bonds. The number of piperazine rings is 1. The summed E-state index contributed by atoms with van der Waals surface area (Å²) in [6.45, 7) is 22.8. The lowest BCUT2D eigenvalue weighted by Gasteiger charge is -2.42. The van der Waals surface area contributed by atoms with Gasteiger partial charge in [0, 0.05) is 94.0 Å². The van der Waals surface area contributed by atoms with E-state index in [0.717, 1.165) is 59.6 Å². The number of fused-ring (bicyclic) bond motifs is 1. The zero-order valence-corrected chi connectivity index (χ0v) is 55.7. The van der Waals surface area contributed by atoms with Crippen LogP contribution in [0.3, 0.4) is 0 Å². The van der Waals surface area contributed by atoms with Gasteiger partial charge < -0.3 is 56.3 Å².